The van der Waals surface area contributed by atoms with Gasteiger partial charge >= 0.3 is 16.4 Å². The van der Waals surface area contributed by atoms with E-state index < -0.39 is 59.8 Å². The van der Waals surface area contributed by atoms with Gasteiger partial charge in [-0.25, -0.2) is 4.18 Å². The average Bonchev–Trinajstić information content (AvgIpc) is 3.24. The van der Waals surface area contributed by atoms with Crippen molar-refractivity contribution in [2.45, 2.75) is 218 Å². The molecule has 1 rings (SSSR count). The molecule has 0 aliphatic carbocycles. The molecule has 0 aromatic rings. The van der Waals surface area contributed by atoms with Crippen molar-refractivity contribution in [2.24, 2.45) is 0 Å². The van der Waals surface area contributed by atoms with Crippen molar-refractivity contribution in [3.8, 4) is 0 Å². The van der Waals surface area contributed by atoms with E-state index in [1.807, 2.05) is 0 Å². The van der Waals surface area contributed by atoms with Gasteiger partial charge in [0.15, 0.2) is 6.29 Å². The van der Waals surface area contributed by atoms with Crippen LogP contribution in [-0.2, 0) is 38.3 Å². The normalized spacial score (nSPS) is 20.5. The van der Waals surface area contributed by atoms with E-state index in [1.165, 1.54) is 64.2 Å². The monoisotopic (exact) mass is 899 g/mol. The Hall–Kier alpha value is -2.20. The number of rotatable bonds is 41. The highest BCUT2D eigenvalue weighted by atomic mass is 32.3. The van der Waals surface area contributed by atoms with Crippen LogP contribution < -0.4 is 0 Å². The summed E-state index contributed by atoms with van der Waals surface area (Å²) in [6.45, 7) is 3.82. The molecule has 1 heterocycles. The fraction of sp³-hybridized carbons (Fsp3) is 0.776. The van der Waals surface area contributed by atoms with E-state index in [-0.39, 0.29) is 19.6 Å². The van der Waals surface area contributed by atoms with Gasteiger partial charge in [-0.15, -0.1) is 0 Å². The summed E-state index contributed by atoms with van der Waals surface area (Å²) in [4.78, 5) is 12.9. The van der Waals surface area contributed by atoms with Crippen LogP contribution >= 0.6 is 0 Å². The molecule has 62 heavy (non-hydrogen) atoms. The third kappa shape index (κ3) is 33.3. The maximum Gasteiger partial charge on any atom is 0.397 e. The van der Waals surface area contributed by atoms with Crippen molar-refractivity contribution in [2.75, 3.05) is 26.4 Å². The Morgan fingerprint density at radius 2 is 1.11 bits per heavy atom. The van der Waals surface area contributed by atoms with Crippen molar-refractivity contribution in [3.63, 3.8) is 0 Å². The summed E-state index contributed by atoms with van der Waals surface area (Å²) >= 11 is 0. The van der Waals surface area contributed by atoms with Crippen LogP contribution in [0.2, 0.25) is 0 Å². The first-order chi connectivity index (χ1) is 30.1. The summed E-state index contributed by atoms with van der Waals surface area (Å²) in [6.07, 6.45) is 41.0. The van der Waals surface area contributed by atoms with Gasteiger partial charge in [0.05, 0.1) is 19.8 Å². The largest absolute Gasteiger partial charge is 0.457 e. The fourth-order valence-corrected chi connectivity index (χ4v) is 7.52. The van der Waals surface area contributed by atoms with Crippen LogP contribution in [0.25, 0.3) is 0 Å². The summed E-state index contributed by atoms with van der Waals surface area (Å²) < 4.78 is 59.1. The van der Waals surface area contributed by atoms with Gasteiger partial charge in [-0.05, 0) is 77.0 Å². The molecule has 6 atom stereocenters. The lowest BCUT2D eigenvalue weighted by Crippen LogP contribution is -2.60. The smallest absolute Gasteiger partial charge is 0.397 e. The SMILES string of the molecule is CC/C=C\C/C=C\C/C=C\C/C=C\CCCCCCCOCC(COC1OC(CO)C(O)C(OS(=O)(=O)O)C1O)OC(=O)CCCCCCCCC/C=C\CCCCCCCC. The van der Waals surface area contributed by atoms with Gasteiger partial charge < -0.3 is 34.3 Å². The maximum atomic E-state index is 12.9. The Labute approximate surface area is 376 Å². The molecule has 12 nitrogen and oxygen atoms in total. The number of aliphatic hydroxyl groups excluding tert-OH is 3. The highest BCUT2D eigenvalue weighted by molar-refractivity contribution is 7.80. The lowest BCUT2D eigenvalue weighted by atomic mass is 9.99. The zero-order chi connectivity index (χ0) is 45.4. The molecule has 0 spiro atoms. The van der Waals surface area contributed by atoms with Crippen LogP contribution in [0.15, 0.2) is 60.8 Å². The van der Waals surface area contributed by atoms with Crippen LogP contribution in [0.4, 0.5) is 0 Å². The number of unbranched alkanes of at least 4 members (excludes halogenated alkanes) is 18. The molecule has 1 saturated heterocycles. The number of esters is 1. The molecule has 0 aromatic carbocycles. The zero-order valence-corrected chi connectivity index (χ0v) is 39.2. The van der Waals surface area contributed by atoms with Crippen LogP contribution in [0.1, 0.15) is 181 Å². The summed E-state index contributed by atoms with van der Waals surface area (Å²) in [5, 5.41) is 30.7. The first-order valence-electron chi connectivity index (χ1n) is 24.0. The quantitative estimate of drug-likeness (QED) is 0.0198. The molecule has 0 saturated carbocycles. The van der Waals surface area contributed by atoms with E-state index >= 15 is 0 Å². The lowest BCUT2D eigenvalue weighted by molar-refractivity contribution is -0.301. The van der Waals surface area contributed by atoms with E-state index in [9.17, 15) is 33.1 Å². The summed E-state index contributed by atoms with van der Waals surface area (Å²) in [7, 11) is -5.07. The van der Waals surface area contributed by atoms with E-state index in [1.54, 1.807) is 0 Å². The van der Waals surface area contributed by atoms with Gasteiger partial charge in [0, 0.05) is 13.0 Å². The maximum absolute atomic E-state index is 12.9. The molecule has 1 fully saturated rings. The summed E-state index contributed by atoms with van der Waals surface area (Å²) in [6, 6.07) is 0. The third-order valence-corrected chi connectivity index (χ3v) is 11.1. The Morgan fingerprint density at radius 1 is 0.629 bits per heavy atom. The predicted octanol–water partition coefficient (Wildman–Crippen LogP) is 10.5. The molecular formula is C49H86O12S. The van der Waals surface area contributed by atoms with Crippen molar-refractivity contribution in [1.29, 1.82) is 0 Å². The second kappa shape index (κ2) is 40.3. The second-order valence-electron chi connectivity index (χ2n) is 16.3. The molecule has 0 amide bonds. The highest BCUT2D eigenvalue weighted by Crippen LogP contribution is 2.26. The molecule has 0 aromatic heterocycles. The van der Waals surface area contributed by atoms with Crippen molar-refractivity contribution < 1.29 is 56.2 Å². The minimum atomic E-state index is -5.07. The van der Waals surface area contributed by atoms with Gasteiger partial charge in [-0.1, -0.05) is 158 Å². The summed E-state index contributed by atoms with van der Waals surface area (Å²) in [5.41, 5.74) is 0. The molecule has 1 aliphatic rings. The molecule has 1 aliphatic heterocycles. The van der Waals surface area contributed by atoms with Crippen LogP contribution in [0.3, 0.4) is 0 Å². The first kappa shape index (κ1) is 57.8. The highest BCUT2D eigenvalue weighted by Gasteiger charge is 2.48. The average molecular weight is 899 g/mol. The number of aliphatic hydroxyl groups is 3. The van der Waals surface area contributed by atoms with E-state index in [2.05, 4.69) is 78.8 Å². The number of hydrogen-bond acceptors (Lipinski definition) is 11. The van der Waals surface area contributed by atoms with Gasteiger partial charge in [-0.2, -0.15) is 8.42 Å². The van der Waals surface area contributed by atoms with Crippen LogP contribution in [0, 0.1) is 0 Å². The van der Waals surface area contributed by atoms with Gasteiger partial charge in [0.25, 0.3) is 0 Å². The minimum absolute atomic E-state index is 0.0195. The molecule has 360 valence electrons. The first-order valence-corrected chi connectivity index (χ1v) is 25.4. The Kier molecular flexibility index (Phi) is 37.6. The topological polar surface area (TPSA) is 178 Å². The van der Waals surface area contributed by atoms with Crippen molar-refractivity contribution in [1.82, 2.24) is 0 Å². The Balaban J connectivity index is 2.42. The molecular weight excluding hydrogens is 813 g/mol. The molecule has 0 radical (unpaired) electrons. The van der Waals surface area contributed by atoms with Gasteiger partial charge in [0.2, 0.25) is 0 Å². The number of carbonyl (C=O) groups excluding carboxylic acids is 1. The van der Waals surface area contributed by atoms with E-state index in [4.69, 9.17) is 18.9 Å². The van der Waals surface area contributed by atoms with Crippen LogP contribution in [-0.4, -0.2) is 97.5 Å². The minimum Gasteiger partial charge on any atom is -0.457 e. The number of allylic oxidation sites excluding steroid dienone is 10. The van der Waals surface area contributed by atoms with Crippen LogP contribution in [0.5, 0.6) is 0 Å². The predicted molar refractivity (Wildman–Crippen MR) is 248 cm³/mol. The second-order valence-corrected chi connectivity index (χ2v) is 17.4. The standard InChI is InChI=1S/C49H86O12S/c1-3-5-7-9-11-13-15-17-19-21-23-25-27-29-31-33-35-37-39-57-41-43(42-58-49-47(53)48(61-62(54,55)56)46(52)44(40-50)60-49)59-45(51)38-36-34-32-30-28-26-24-22-20-18-16-14-12-10-8-6-4-2/h5,7,11,13,17-20,23,25,43-44,46-50,52-53H,3-4,6,8-10,12,14-16,21-22,24,26-42H2,1-2H3,(H,54,55,56)/b7-5-,13-11-,19-17-,20-18-,25-23-. The van der Waals surface area contributed by atoms with Crippen molar-refractivity contribution >= 4 is 16.4 Å². The number of hydrogen-bond donors (Lipinski definition) is 4. The van der Waals surface area contributed by atoms with E-state index in [0.29, 0.717) is 13.0 Å². The molecule has 4 N–H and O–H groups in total. The fourth-order valence-electron chi connectivity index (χ4n) is 7.01. The lowest BCUT2D eigenvalue weighted by Gasteiger charge is -2.41. The molecule has 6 unspecified atom stereocenters. The molecule has 0 bridgehead atoms. The Bertz CT molecular complexity index is 1310. The van der Waals surface area contributed by atoms with E-state index in [0.717, 1.165) is 89.9 Å². The molecule has 13 heteroatoms. The third-order valence-electron chi connectivity index (χ3n) is 10.6. The Morgan fingerprint density at radius 3 is 1.65 bits per heavy atom. The number of carbonyl (C=O) groups is 1. The van der Waals surface area contributed by atoms with Crippen molar-refractivity contribution in [3.05, 3.63) is 60.8 Å². The summed E-state index contributed by atoms with van der Waals surface area (Å²) in [5.74, 6) is -0.412. The van der Waals surface area contributed by atoms with Gasteiger partial charge in [0.1, 0.15) is 30.5 Å². The van der Waals surface area contributed by atoms with Gasteiger partial charge in [-0.3, -0.25) is 9.35 Å². The number of ether oxygens (including phenoxy) is 4. The zero-order valence-electron chi connectivity index (χ0n) is 38.4.